The molecular weight excluding hydrogens is 338 g/mol. The first kappa shape index (κ1) is 18.5. The minimum atomic E-state index is -0.204. The van der Waals surface area contributed by atoms with Gasteiger partial charge in [0.2, 0.25) is 11.8 Å². The van der Waals surface area contributed by atoms with E-state index in [1.165, 1.54) is 17.5 Å². The summed E-state index contributed by atoms with van der Waals surface area (Å²) < 4.78 is 0. The van der Waals surface area contributed by atoms with Crippen molar-refractivity contribution in [2.45, 2.75) is 51.6 Å². The van der Waals surface area contributed by atoms with Crippen LogP contribution in [0.15, 0.2) is 24.3 Å². The molecule has 2 saturated heterocycles. The Labute approximate surface area is 162 Å². The van der Waals surface area contributed by atoms with Crippen LogP contribution >= 0.6 is 0 Å². The molecule has 0 aliphatic carbocycles. The molecule has 4 rings (SSSR count). The van der Waals surface area contributed by atoms with Crippen LogP contribution in [0.25, 0.3) is 0 Å². The number of hydrogen-bond acceptors (Lipinski definition) is 3. The second-order valence-electron chi connectivity index (χ2n) is 8.51. The van der Waals surface area contributed by atoms with Crippen molar-refractivity contribution in [3.8, 4) is 0 Å². The molecule has 1 aromatic carbocycles. The Balaban J connectivity index is 1.51. The molecule has 2 atom stereocenters. The van der Waals surface area contributed by atoms with Crippen molar-refractivity contribution in [1.82, 2.24) is 14.7 Å². The van der Waals surface area contributed by atoms with Gasteiger partial charge in [0.25, 0.3) is 0 Å². The van der Waals surface area contributed by atoms with Gasteiger partial charge in [0.05, 0.1) is 12.6 Å². The van der Waals surface area contributed by atoms with Gasteiger partial charge >= 0.3 is 0 Å². The van der Waals surface area contributed by atoms with Crippen molar-refractivity contribution in [2.75, 3.05) is 32.7 Å². The van der Waals surface area contributed by atoms with E-state index in [1.54, 1.807) is 0 Å². The summed E-state index contributed by atoms with van der Waals surface area (Å²) in [6.07, 6.45) is 5.21. The Morgan fingerprint density at radius 1 is 1.00 bits per heavy atom. The number of fused-ring (bicyclic) bond motifs is 1. The Kier molecular flexibility index (Phi) is 5.48. The minimum absolute atomic E-state index is 0.181. The van der Waals surface area contributed by atoms with Crippen molar-refractivity contribution >= 4 is 11.8 Å². The highest BCUT2D eigenvalue weighted by Crippen LogP contribution is 2.26. The van der Waals surface area contributed by atoms with Gasteiger partial charge in [-0.1, -0.05) is 31.2 Å². The molecule has 1 aromatic rings. The zero-order valence-corrected chi connectivity index (χ0v) is 16.4. The number of nitrogens with zero attached hydrogens (tertiary/aromatic N) is 3. The van der Waals surface area contributed by atoms with Gasteiger partial charge < -0.3 is 9.80 Å². The number of benzene rings is 1. The van der Waals surface area contributed by atoms with Crippen molar-refractivity contribution in [3.05, 3.63) is 35.4 Å². The molecule has 5 nitrogen and oxygen atoms in total. The molecule has 0 radical (unpaired) electrons. The Morgan fingerprint density at radius 3 is 2.44 bits per heavy atom. The van der Waals surface area contributed by atoms with Crippen LogP contribution in [0, 0.1) is 5.92 Å². The number of likely N-dealkylation sites (tertiary alicyclic amines) is 2. The predicted molar refractivity (Wildman–Crippen MR) is 105 cm³/mol. The van der Waals surface area contributed by atoms with Gasteiger partial charge in [-0.05, 0) is 49.1 Å². The van der Waals surface area contributed by atoms with Gasteiger partial charge in [0, 0.05) is 32.7 Å². The van der Waals surface area contributed by atoms with Gasteiger partial charge in [-0.2, -0.15) is 0 Å². The highest BCUT2D eigenvalue weighted by Gasteiger charge is 2.36. The molecule has 0 unspecified atom stereocenters. The first-order chi connectivity index (χ1) is 13.1. The van der Waals surface area contributed by atoms with Crippen LogP contribution < -0.4 is 0 Å². The zero-order valence-electron chi connectivity index (χ0n) is 16.4. The highest BCUT2D eigenvalue weighted by atomic mass is 16.2. The number of amides is 2. The van der Waals surface area contributed by atoms with E-state index in [0.29, 0.717) is 19.0 Å². The maximum absolute atomic E-state index is 13.2. The van der Waals surface area contributed by atoms with E-state index >= 15 is 0 Å². The molecule has 2 amide bonds. The van der Waals surface area contributed by atoms with Crippen LogP contribution in [0.5, 0.6) is 0 Å². The van der Waals surface area contributed by atoms with Crippen molar-refractivity contribution < 1.29 is 9.59 Å². The fourth-order valence-corrected chi connectivity index (χ4v) is 4.82. The number of carbonyl (C=O) groups is 2. The van der Waals surface area contributed by atoms with Crippen LogP contribution in [0.2, 0.25) is 0 Å². The zero-order chi connectivity index (χ0) is 18.8. The van der Waals surface area contributed by atoms with Gasteiger partial charge in [-0.25, -0.2) is 0 Å². The smallest absolute Gasteiger partial charge is 0.240 e. The minimum Gasteiger partial charge on any atom is -0.341 e. The molecule has 0 bridgehead atoms. The summed E-state index contributed by atoms with van der Waals surface area (Å²) in [6.45, 7) is 6.70. The number of carbonyl (C=O) groups excluding carboxylic acids is 2. The van der Waals surface area contributed by atoms with Crippen molar-refractivity contribution in [3.63, 3.8) is 0 Å². The van der Waals surface area contributed by atoms with Crippen LogP contribution in [0.3, 0.4) is 0 Å². The van der Waals surface area contributed by atoms with Gasteiger partial charge in [-0.15, -0.1) is 0 Å². The second kappa shape index (κ2) is 8.01. The maximum Gasteiger partial charge on any atom is 0.240 e. The quantitative estimate of drug-likeness (QED) is 0.821. The molecule has 3 aliphatic rings. The predicted octanol–water partition coefficient (Wildman–Crippen LogP) is 2.29. The number of hydrogen-bond donors (Lipinski definition) is 0. The molecule has 0 saturated carbocycles. The molecule has 146 valence electrons. The monoisotopic (exact) mass is 369 g/mol. The van der Waals surface area contributed by atoms with Crippen LogP contribution in [-0.4, -0.2) is 65.3 Å². The lowest BCUT2D eigenvalue weighted by Gasteiger charge is -2.39. The average Bonchev–Trinajstić information content (AvgIpc) is 3.21. The standard InChI is InChI=1S/C22H31N3O2/c1-17-7-6-12-24(14-17)21(26)16-25-15-19-9-3-2-8-18(19)13-20(25)22(27)23-10-4-5-11-23/h2-3,8-9,17,20H,4-7,10-16H2,1H3/t17-,20+/m0/s1. The molecule has 2 fully saturated rings. The van der Waals surface area contributed by atoms with Gasteiger partial charge in [0.15, 0.2) is 0 Å². The summed E-state index contributed by atoms with van der Waals surface area (Å²) in [6, 6.07) is 8.15. The Morgan fingerprint density at radius 2 is 1.70 bits per heavy atom. The normalized spacial score (nSPS) is 26.1. The first-order valence-corrected chi connectivity index (χ1v) is 10.5. The van der Waals surface area contributed by atoms with Crippen molar-refractivity contribution in [2.24, 2.45) is 5.92 Å². The van der Waals surface area contributed by atoms with E-state index in [9.17, 15) is 9.59 Å². The summed E-state index contributed by atoms with van der Waals surface area (Å²) >= 11 is 0. The van der Waals surface area contributed by atoms with E-state index < -0.39 is 0 Å². The average molecular weight is 370 g/mol. The lowest BCUT2D eigenvalue weighted by Crippen LogP contribution is -2.54. The third-order valence-electron chi connectivity index (χ3n) is 6.40. The lowest BCUT2D eigenvalue weighted by molar-refractivity contribution is -0.140. The molecule has 0 spiro atoms. The van der Waals surface area contributed by atoms with Crippen LogP contribution in [0.1, 0.15) is 43.7 Å². The molecular formula is C22H31N3O2. The van der Waals surface area contributed by atoms with Crippen molar-refractivity contribution in [1.29, 1.82) is 0 Å². The van der Waals surface area contributed by atoms with E-state index in [-0.39, 0.29) is 17.9 Å². The fraction of sp³-hybridized carbons (Fsp3) is 0.636. The van der Waals surface area contributed by atoms with Crippen LogP contribution in [-0.2, 0) is 22.6 Å². The summed E-state index contributed by atoms with van der Waals surface area (Å²) in [5.74, 6) is 0.966. The fourth-order valence-electron chi connectivity index (χ4n) is 4.82. The second-order valence-corrected chi connectivity index (χ2v) is 8.51. The summed E-state index contributed by atoms with van der Waals surface area (Å²) in [7, 11) is 0. The molecule has 0 N–H and O–H groups in total. The lowest BCUT2D eigenvalue weighted by atomic mass is 9.93. The van der Waals surface area contributed by atoms with Crippen LogP contribution in [0.4, 0.5) is 0 Å². The van der Waals surface area contributed by atoms with Gasteiger partial charge in [0.1, 0.15) is 0 Å². The summed E-state index contributed by atoms with van der Waals surface area (Å²) in [5.41, 5.74) is 2.51. The van der Waals surface area contributed by atoms with E-state index in [2.05, 4.69) is 24.0 Å². The Hall–Kier alpha value is -1.88. The molecule has 27 heavy (non-hydrogen) atoms. The van der Waals surface area contributed by atoms with E-state index in [4.69, 9.17) is 0 Å². The summed E-state index contributed by atoms with van der Waals surface area (Å²) in [4.78, 5) is 32.3. The maximum atomic E-state index is 13.2. The van der Waals surface area contributed by atoms with E-state index in [1.807, 2.05) is 21.9 Å². The third kappa shape index (κ3) is 4.03. The highest BCUT2D eigenvalue weighted by molar-refractivity contribution is 5.84. The molecule has 0 aromatic heterocycles. The summed E-state index contributed by atoms with van der Waals surface area (Å²) in [5, 5.41) is 0. The SMILES string of the molecule is C[C@H]1CCCN(C(=O)CN2Cc3ccccc3C[C@@H]2C(=O)N2CCCC2)C1. The first-order valence-electron chi connectivity index (χ1n) is 10.5. The molecule has 3 aliphatic heterocycles. The molecule has 3 heterocycles. The number of rotatable bonds is 3. The van der Waals surface area contributed by atoms with E-state index in [0.717, 1.165) is 51.9 Å². The third-order valence-corrected chi connectivity index (χ3v) is 6.40. The molecule has 5 heteroatoms. The topological polar surface area (TPSA) is 43.9 Å². The largest absolute Gasteiger partial charge is 0.341 e. The number of piperidine rings is 1. The Bertz CT molecular complexity index is 699. The van der Waals surface area contributed by atoms with Gasteiger partial charge in [-0.3, -0.25) is 14.5 Å².